The van der Waals surface area contributed by atoms with Gasteiger partial charge in [-0.1, -0.05) is 30.7 Å². The van der Waals surface area contributed by atoms with Crippen molar-refractivity contribution < 1.29 is 14.3 Å². The maximum Gasteiger partial charge on any atom is 0.310 e. The molecule has 1 aromatic carbocycles. The average molecular weight is 432 g/mol. The maximum atomic E-state index is 13.0. The Bertz CT molecular complexity index is 989. The summed E-state index contributed by atoms with van der Waals surface area (Å²) < 4.78 is 6.48. The van der Waals surface area contributed by atoms with E-state index in [2.05, 4.69) is 4.98 Å². The highest BCUT2D eigenvalue weighted by Gasteiger charge is 2.29. The van der Waals surface area contributed by atoms with Gasteiger partial charge in [-0.2, -0.15) is 0 Å². The number of aryl methyl sites for hydroxylation is 1. The van der Waals surface area contributed by atoms with Crippen molar-refractivity contribution in [3.63, 3.8) is 0 Å². The molecule has 0 aliphatic carbocycles. The van der Waals surface area contributed by atoms with E-state index in [-0.39, 0.29) is 29.9 Å². The molecule has 1 saturated heterocycles. The molecule has 1 fully saturated rings. The topological polar surface area (TPSA) is 81.5 Å². The molecule has 1 atom stereocenters. The third kappa shape index (κ3) is 5.08. The number of carbonyl (C=O) groups is 2. The second-order valence-corrected chi connectivity index (χ2v) is 7.73. The van der Waals surface area contributed by atoms with Crippen molar-refractivity contribution in [3.8, 4) is 11.4 Å². The molecular formula is C22H26ClN3O4. The molecule has 1 aliphatic heterocycles. The second-order valence-electron chi connectivity index (χ2n) is 7.29. The van der Waals surface area contributed by atoms with Gasteiger partial charge >= 0.3 is 5.97 Å². The summed E-state index contributed by atoms with van der Waals surface area (Å²) >= 11 is 6.13. The Hall–Kier alpha value is -2.67. The van der Waals surface area contributed by atoms with E-state index in [0.717, 1.165) is 6.42 Å². The van der Waals surface area contributed by atoms with Crippen LogP contribution in [0, 0.1) is 5.92 Å². The van der Waals surface area contributed by atoms with E-state index in [9.17, 15) is 14.4 Å². The number of ether oxygens (including phenoxy) is 1. The first-order chi connectivity index (χ1) is 14.4. The third-order valence-corrected chi connectivity index (χ3v) is 5.43. The number of rotatable bonds is 6. The number of hydrogen-bond acceptors (Lipinski definition) is 5. The first-order valence-corrected chi connectivity index (χ1v) is 10.6. The lowest BCUT2D eigenvalue weighted by molar-refractivity contribution is -0.151. The standard InChI is InChI=1S/C22H26ClN3O4/c1-3-18-12-19(27)26(21(24-18)15-7-5-9-17(23)11-15)14-20(28)25-10-6-8-16(13-25)22(29)30-4-2/h5,7,9,11-12,16H,3-4,6,8,10,13-14H2,1-2H3/t16-/m0/s1. The number of benzene rings is 1. The number of nitrogens with zero attached hydrogens (tertiary/aromatic N) is 3. The van der Waals surface area contributed by atoms with Gasteiger partial charge in [0.05, 0.1) is 12.5 Å². The van der Waals surface area contributed by atoms with Gasteiger partial charge in [-0.3, -0.25) is 19.0 Å². The van der Waals surface area contributed by atoms with Crippen molar-refractivity contribution in [2.75, 3.05) is 19.7 Å². The predicted molar refractivity (Wildman–Crippen MR) is 114 cm³/mol. The molecule has 1 amide bonds. The lowest BCUT2D eigenvalue weighted by Crippen LogP contribution is -2.45. The number of likely N-dealkylation sites (tertiary alicyclic amines) is 1. The molecule has 160 valence electrons. The molecule has 3 rings (SSSR count). The molecule has 0 unspecified atom stereocenters. The van der Waals surface area contributed by atoms with Crippen LogP contribution in [0.25, 0.3) is 11.4 Å². The Balaban J connectivity index is 1.88. The average Bonchev–Trinajstić information content (AvgIpc) is 2.75. The molecule has 2 aromatic rings. The number of halogens is 1. The van der Waals surface area contributed by atoms with Crippen LogP contribution >= 0.6 is 11.6 Å². The van der Waals surface area contributed by atoms with Crippen molar-refractivity contribution in [2.24, 2.45) is 5.92 Å². The Morgan fingerprint density at radius 3 is 2.77 bits per heavy atom. The van der Waals surface area contributed by atoms with Gasteiger partial charge in [-0.25, -0.2) is 4.98 Å². The van der Waals surface area contributed by atoms with E-state index in [1.54, 1.807) is 30.0 Å². The van der Waals surface area contributed by atoms with E-state index < -0.39 is 0 Å². The zero-order valence-corrected chi connectivity index (χ0v) is 18.0. The van der Waals surface area contributed by atoms with Crippen molar-refractivity contribution in [1.29, 1.82) is 0 Å². The fourth-order valence-corrected chi connectivity index (χ4v) is 3.82. The van der Waals surface area contributed by atoms with Crippen molar-refractivity contribution in [2.45, 2.75) is 39.7 Å². The van der Waals surface area contributed by atoms with Gasteiger partial charge in [-0.15, -0.1) is 0 Å². The van der Waals surface area contributed by atoms with Gasteiger partial charge in [0.25, 0.3) is 5.56 Å². The van der Waals surface area contributed by atoms with E-state index in [1.165, 1.54) is 10.6 Å². The first kappa shape index (κ1) is 22.0. The molecule has 0 radical (unpaired) electrons. The monoisotopic (exact) mass is 431 g/mol. The fraction of sp³-hybridized carbons (Fsp3) is 0.455. The smallest absolute Gasteiger partial charge is 0.310 e. The largest absolute Gasteiger partial charge is 0.466 e. The summed E-state index contributed by atoms with van der Waals surface area (Å²) in [6.07, 6.45) is 2.02. The highest BCUT2D eigenvalue weighted by Crippen LogP contribution is 2.22. The van der Waals surface area contributed by atoms with Crippen LogP contribution in [-0.2, 0) is 27.3 Å². The van der Waals surface area contributed by atoms with Crippen molar-refractivity contribution in [1.82, 2.24) is 14.5 Å². The highest BCUT2D eigenvalue weighted by atomic mass is 35.5. The minimum absolute atomic E-state index is 0.146. The van der Waals surface area contributed by atoms with Crippen LogP contribution in [0.15, 0.2) is 35.1 Å². The van der Waals surface area contributed by atoms with Gasteiger partial charge in [0.15, 0.2) is 0 Å². The predicted octanol–water partition coefficient (Wildman–Crippen LogP) is 2.93. The number of esters is 1. The van der Waals surface area contributed by atoms with E-state index in [0.29, 0.717) is 54.6 Å². The Kier molecular flexibility index (Phi) is 7.26. The molecule has 1 aliphatic rings. The van der Waals surface area contributed by atoms with Crippen LogP contribution in [0.1, 0.15) is 32.4 Å². The molecule has 1 aromatic heterocycles. The molecule has 0 spiro atoms. The molecule has 30 heavy (non-hydrogen) atoms. The lowest BCUT2D eigenvalue weighted by atomic mass is 9.98. The summed E-state index contributed by atoms with van der Waals surface area (Å²) in [7, 11) is 0. The quantitative estimate of drug-likeness (QED) is 0.657. The Morgan fingerprint density at radius 2 is 2.07 bits per heavy atom. The summed E-state index contributed by atoms with van der Waals surface area (Å²) in [6, 6.07) is 8.51. The van der Waals surface area contributed by atoms with E-state index in [1.807, 2.05) is 13.0 Å². The fourth-order valence-electron chi connectivity index (χ4n) is 3.63. The van der Waals surface area contributed by atoms with Crippen LogP contribution in [0.3, 0.4) is 0 Å². The summed E-state index contributed by atoms with van der Waals surface area (Å²) in [5.74, 6) is -0.414. The van der Waals surface area contributed by atoms with Crippen LogP contribution in [-0.4, -0.2) is 46.0 Å². The molecule has 0 bridgehead atoms. The number of piperidine rings is 1. The summed E-state index contributed by atoms with van der Waals surface area (Å²) in [6.45, 7) is 4.71. The third-order valence-electron chi connectivity index (χ3n) is 5.19. The zero-order valence-electron chi connectivity index (χ0n) is 17.3. The number of amides is 1. The van der Waals surface area contributed by atoms with Gasteiger partial charge in [0, 0.05) is 35.4 Å². The maximum absolute atomic E-state index is 13.0. The summed E-state index contributed by atoms with van der Waals surface area (Å²) in [4.78, 5) is 44.1. The minimum atomic E-state index is -0.327. The molecule has 7 nitrogen and oxygen atoms in total. The van der Waals surface area contributed by atoms with Crippen molar-refractivity contribution >= 4 is 23.5 Å². The van der Waals surface area contributed by atoms with Crippen LogP contribution in [0.2, 0.25) is 5.02 Å². The molecule has 2 heterocycles. The second kappa shape index (κ2) is 9.89. The van der Waals surface area contributed by atoms with Gasteiger partial charge in [-0.05, 0) is 38.3 Å². The highest BCUT2D eigenvalue weighted by molar-refractivity contribution is 6.30. The van der Waals surface area contributed by atoms with Gasteiger partial charge in [0.2, 0.25) is 5.91 Å². The van der Waals surface area contributed by atoms with Gasteiger partial charge in [0.1, 0.15) is 12.4 Å². The number of carbonyl (C=O) groups excluding carboxylic acids is 2. The van der Waals surface area contributed by atoms with Crippen LogP contribution < -0.4 is 5.56 Å². The van der Waals surface area contributed by atoms with Crippen LogP contribution in [0.5, 0.6) is 0 Å². The Morgan fingerprint density at radius 1 is 1.27 bits per heavy atom. The van der Waals surface area contributed by atoms with Gasteiger partial charge < -0.3 is 9.64 Å². The number of aromatic nitrogens is 2. The molecule has 8 heteroatoms. The summed E-state index contributed by atoms with van der Waals surface area (Å²) in [5.41, 5.74) is 1.04. The number of hydrogen-bond donors (Lipinski definition) is 0. The minimum Gasteiger partial charge on any atom is -0.466 e. The van der Waals surface area contributed by atoms with E-state index in [4.69, 9.17) is 16.3 Å². The van der Waals surface area contributed by atoms with Crippen molar-refractivity contribution in [3.05, 3.63) is 51.4 Å². The molecule has 0 saturated carbocycles. The summed E-state index contributed by atoms with van der Waals surface area (Å²) in [5, 5.41) is 0.523. The Labute approximate surface area is 180 Å². The SMILES string of the molecule is CCOC(=O)[C@H]1CCCN(C(=O)Cn2c(-c3cccc(Cl)c3)nc(CC)cc2=O)C1. The molecular weight excluding hydrogens is 406 g/mol. The normalized spacial score (nSPS) is 16.4. The first-order valence-electron chi connectivity index (χ1n) is 10.2. The lowest BCUT2D eigenvalue weighted by Gasteiger charge is -2.32. The van der Waals surface area contributed by atoms with E-state index >= 15 is 0 Å². The zero-order chi connectivity index (χ0) is 21.7. The molecule has 0 N–H and O–H groups in total. The van der Waals surface area contributed by atoms with Crippen LogP contribution in [0.4, 0.5) is 0 Å².